The highest BCUT2D eigenvalue weighted by molar-refractivity contribution is 5.76. The number of aliphatic carboxylic acids is 1. The molecule has 0 amide bonds. The number of carboxylic acids is 1. The zero-order valence-electron chi connectivity index (χ0n) is 11.5. The predicted molar refractivity (Wildman–Crippen MR) is 48.3 cm³/mol. The fourth-order valence-electron chi connectivity index (χ4n) is 1.28. The lowest BCUT2D eigenvalue weighted by molar-refractivity contribution is -0.445. The van der Waals surface area contributed by atoms with Crippen LogP contribution in [0.25, 0.3) is 0 Å². The van der Waals surface area contributed by atoms with Gasteiger partial charge >= 0.3 is 47.7 Å². The summed E-state index contributed by atoms with van der Waals surface area (Å²) < 4.78 is 201. The maximum Gasteiger partial charge on any atom is 0.460 e. The second-order valence-corrected chi connectivity index (χ2v) is 4.71. The topological polar surface area (TPSA) is 37.3 Å². The average molecular weight is 446 g/mol. The van der Waals surface area contributed by atoms with Crippen LogP contribution < -0.4 is 0 Å². The monoisotopic (exact) mass is 446 g/mol. The van der Waals surface area contributed by atoms with Crippen molar-refractivity contribution in [2.24, 2.45) is 0 Å². The summed E-state index contributed by atoms with van der Waals surface area (Å²) in [5, 5.41) is 7.67. The summed E-state index contributed by atoms with van der Waals surface area (Å²) in [5.41, 5.74) is 0. The van der Waals surface area contributed by atoms with Crippen molar-refractivity contribution in [2.75, 3.05) is 0 Å². The summed E-state index contributed by atoms with van der Waals surface area (Å²) in [6.45, 7) is 0. The van der Waals surface area contributed by atoms with E-state index in [1.165, 1.54) is 0 Å². The predicted octanol–water partition coefficient (Wildman–Crippen LogP) is 4.78. The third-order valence-electron chi connectivity index (χ3n) is 2.88. The lowest BCUT2D eigenvalue weighted by Crippen LogP contribution is -2.72. The number of carbonyl (C=O) groups is 1. The van der Waals surface area contributed by atoms with Gasteiger partial charge < -0.3 is 5.11 Å². The number of halogens is 16. The van der Waals surface area contributed by atoms with E-state index in [-0.39, 0.29) is 0 Å². The van der Waals surface area contributed by atoms with Gasteiger partial charge in [0.15, 0.2) is 0 Å². The van der Waals surface area contributed by atoms with Crippen molar-refractivity contribution >= 4 is 5.97 Å². The van der Waals surface area contributed by atoms with Crippen molar-refractivity contribution in [3.8, 4) is 0 Å². The molecule has 0 aliphatic rings. The van der Waals surface area contributed by atoms with E-state index in [1.54, 1.807) is 0 Å². The molecule has 2 nitrogen and oxygen atoms in total. The largest absolute Gasteiger partial charge is 0.477 e. The van der Waals surface area contributed by atoms with Crippen molar-refractivity contribution in [3.05, 3.63) is 0 Å². The highest BCUT2D eigenvalue weighted by Gasteiger charge is 2.92. The first-order valence-electron chi connectivity index (χ1n) is 5.56. The van der Waals surface area contributed by atoms with Crippen LogP contribution >= 0.6 is 0 Å². The number of hydrogen-bond donors (Lipinski definition) is 1. The van der Waals surface area contributed by atoms with Crippen molar-refractivity contribution in [2.45, 2.75) is 47.9 Å². The van der Waals surface area contributed by atoms with Crippen molar-refractivity contribution in [1.29, 1.82) is 0 Å². The van der Waals surface area contributed by atoms with Gasteiger partial charge in [0.05, 0.1) is 0 Å². The Bertz CT molecular complexity index is 575. The molecule has 0 aromatic carbocycles. The van der Waals surface area contributed by atoms with Crippen LogP contribution in [0.2, 0.25) is 0 Å². The van der Waals surface area contributed by atoms with Gasteiger partial charge in [0.25, 0.3) is 0 Å². The van der Waals surface area contributed by atoms with E-state index in [4.69, 9.17) is 5.11 Å². The molecule has 0 radical (unpaired) electrons. The Morgan fingerprint density at radius 2 is 0.889 bits per heavy atom. The van der Waals surface area contributed by atoms with Gasteiger partial charge in [0.1, 0.15) is 0 Å². The van der Waals surface area contributed by atoms with E-state index in [0.717, 1.165) is 0 Å². The van der Waals surface area contributed by atoms with Crippen LogP contribution in [0.15, 0.2) is 0 Å². The summed E-state index contributed by atoms with van der Waals surface area (Å²) in [6, 6.07) is 0. The smallest absolute Gasteiger partial charge is 0.460 e. The van der Waals surface area contributed by atoms with Crippen LogP contribution in [-0.2, 0) is 4.79 Å². The molecule has 1 unspecified atom stereocenters. The first-order chi connectivity index (χ1) is 11.3. The second-order valence-electron chi connectivity index (χ2n) is 4.71. The van der Waals surface area contributed by atoms with E-state index in [1.807, 2.05) is 0 Å². The van der Waals surface area contributed by atoms with E-state index in [2.05, 4.69) is 0 Å². The lowest BCUT2D eigenvalue weighted by atomic mass is 9.90. The Morgan fingerprint density at radius 3 is 1.15 bits per heavy atom. The van der Waals surface area contributed by atoms with Gasteiger partial charge in [0.2, 0.25) is 6.17 Å². The fourth-order valence-corrected chi connectivity index (χ4v) is 1.28. The molecule has 0 aliphatic heterocycles. The molecule has 0 fully saturated rings. The second kappa shape index (κ2) is 6.18. The molecule has 0 aliphatic carbocycles. The Hall–Kier alpha value is -1.65. The highest BCUT2D eigenvalue weighted by Crippen LogP contribution is 2.61. The van der Waals surface area contributed by atoms with Gasteiger partial charge in [-0.3, -0.25) is 0 Å². The average Bonchev–Trinajstić information content (AvgIpc) is 2.43. The van der Waals surface area contributed by atoms with Crippen LogP contribution in [-0.4, -0.2) is 59.0 Å². The van der Waals surface area contributed by atoms with Crippen molar-refractivity contribution in [3.63, 3.8) is 0 Å². The van der Waals surface area contributed by atoms with Crippen molar-refractivity contribution in [1.82, 2.24) is 0 Å². The molecule has 27 heavy (non-hydrogen) atoms. The van der Waals surface area contributed by atoms with Crippen LogP contribution in [0.1, 0.15) is 0 Å². The van der Waals surface area contributed by atoms with Gasteiger partial charge in [-0.15, -0.1) is 0 Å². The molecule has 0 spiro atoms. The number of hydrogen-bond acceptors (Lipinski definition) is 1. The minimum absolute atomic E-state index is 4.00. The van der Waals surface area contributed by atoms with E-state index in [9.17, 15) is 75.0 Å². The Kier molecular flexibility index (Phi) is 5.80. The number of alkyl halides is 16. The van der Waals surface area contributed by atoms with Gasteiger partial charge in [-0.05, 0) is 0 Å². The van der Waals surface area contributed by atoms with Gasteiger partial charge in [-0.1, -0.05) is 0 Å². The summed E-state index contributed by atoms with van der Waals surface area (Å²) in [6.07, 6.45) is -14.0. The third-order valence-corrected chi connectivity index (χ3v) is 2.88. The summed E-state index contributed by atoms with van der Waals surface area (Å²) in [5.74, 6) is -51.9. The minimum Gasteiger partial charge on any atom is -0.477 e. The molecule has 0 aromatic rings. The molecule has 1 atom stereocenters. The molecule has 0 heterocycles. The minimum atomic E-state index is -8.50. The van der Waals surface area contributed by atoms with Gasteiger partial charge in [-0.2, -0.15) is 65.9 Å². The molecule has 0 rings (SSSR count). The van der Waals surface area contributed by atoms with E-state index in [0.29, 0.717) is 0 Å². The highest BCUT2D eigenvalue weighted by atomic mass is 19.4. The molecule has 1 N–H and O–H groups in total. The first kappa shape index (κ1) is 25.3. The Balaban J connectivity index is 6.52. The van der Waals surface area contributed by atoms with Crippen LogP contribution in [0.3, 0.4) is 0 Å². The quantitative estimate of drug-likeness (QED) is 0.572. The van der Waals surface area contributed by atoms with Crippen LogP contribution in [0.5, 0.6) is 0 Å². The Labute approximate surface area is 135 Å². The van der Waals surface area contributed by atoms with E-state index >= 15 is 0 Å². The molecular weight excluding hydrogens is 444 g/mol. The standard InChI is InChI=1S/C9H2F16O2/c10-1(3(11,12)2(26)27)4(13,14)5(15,16)6(17,18)7(19,20)8(21,22)9(23,24)25/h1H,(H,26,27). The molecule has 0 saturated carbocycles. The maximum absolute atomic E-state index is 13.0. The first-order valence-corrected chi connectivity index (χ1v) is 5.56. The molecule has 0 aromatic heterocycles. The summed E-state index contributed by atoms with van der Waals surface area (Å²) in [4.78, 5) is 9.80. The summed E-state index contributed by atoms with van der Waals surface area (Å²) >= 11 is 0. The SMILES string of the molecule is O=C(O)C(F)(F)C(F)C(F)(F)C(F)(F)C(F)(F)C(F)(F)C(F)(F)C(F)(F)F. The normalized spacial score (nSPS) is 17.0. The van der Waals surface area contributed by atoms with Crippen LogP contribution in [0.4, 0.5) is 70.2 Å². The molecule has 0 saturated heterocycles. The van der Waals surface area contributed by atoms with Crippen LogP contribution in [0, 0.1) is 0 Å². The molecule has 162 valence electrons. The number of carboxylic acid groups (broad SMARTS) is 1. The fraction of sp³-hybridized carbons (Fsp3) is 0.889. The molecule has 0 bridgehead atoms. The molecule has 18 heteroatoms. The van der Waals surface area contributed by atoms with Crippen molar-refractivity contribution < 1.29 is 80.1 Å². The lowest BCUT2D eigenvalue weighted by Gasteiger charge is -2.40. The number of rotatable bonds is 7. The van der Waals surface area contributed by atoms with E-state index < -0.39 is 53.9 Å². The van der Waals surface area contributed by atoms with Gasteiger partial charge in [-0.25, -0.2) is 9.18 Å². The molecular formula is C9H2F16O2. The summed E-state index contributed by atoms with van der Waals surface area (Å²) in [7, 11) is 0. The zero-order chi connectivity index (χ0) is 22.7. The Morgan fingerprint density at radius 1 is 0.593 bits per heavy atom. The zero-order valence-corrected chi connectivity index (χ0v) is 11.5. The maximum atomic E-state index is 13.0. The third kappa shape index (κ3) is 3.23. The van der Waals surface area contributed by atoms with Gasteiger partial charge in [0, 0.05) is 0 Å².